The maximum Gasteiger partial charge on any atom is 0.261 e. The summed E-state index contributed by atoms with van der Waals surface area (Å²) in [6, 6.07) is 39.0. The highest BCUT2D eigenvalue weighted by Crippen LogP contribution is 2.56. The Morgan fingerprint density at radius 3 is 0.805 bits per heavy atom. The Morgan fingerprint density at radius 1 is 0.248 bits per heavy atom. The van der Waals surface area contributed by atoms with Gasteiger partial charge < -0.3 is 0 Å². The quantitative estimate of drug-likeness (QED) is 0.0171. The molecule has 0 spiro atoms. The van der Waals surface area contributed by atoms with E-state index in [-0.39, 0.29) is 71.4 Å². The molecule has 0 saturated heterocycles. The molecule has 17 rings (SSSR count). The third-order valence-corrected chi connectivity index (χ3v) is 26.8. The molecule has 0 atom stereocenters. The van der Waals surface area contributed by atoms with Crippen LogP contribution in [0.15, 0.2) is 121 Å². The third kappa shape index (κ3) is 11.2. The zero-order valence-corrected chi connectivity index (χ0v) is 67.0. The first kappa shape index (κ1) is 74.7. The van der Waals surface area contributed by atoms with Gasteiger partial charge in [-0.15, -0.1) is 0 Å². The van der Waals surface area contributed by atoms with E-state index in [2.05, 4.69) is 73.9 Å². The van der Waals surface area contributed by atoms with Crippen LogP contribution in [-0.4, -0.2) is 91.0 Å². The Kier molecular flexibility index (Phi) is 19.5. The Bertz CT molecular complexity index is 5810. The van der Waals surface area contributed by atoms with E-state index in [4.69, 9.17) is 0 Å². The van der Waals surface area contributed by atoms with E-state index in [1.807, 2.05) is 140 Å². The number of hydrogen-bond donors (Lipinski definition) is 0. The number of imide groups is 4. The smallest absolute Gasteiger partial charge is 0.261 e. The minimum Gasteiger partial charge on any atom is -0.271 e. The van der Waals surface area contributed by atoms with Crippen molar-refractivity contribution in [3.05, 3.63) is 199 Å². The zero-order chi connectivity index (χ0) is 78.7. The second-order valence-corrected chi connectivity index (χ2v) is 32.6. The Hall–Kier alpha value is -11.1. The molecule has 113 heavy (non-hydrogen) atoms. The predicted octanol–water partition coefficient (Wildman–Crippen LogP) is 23.5. The van der Waals surface area contributed by atoms with Crippen LogP contribution in [0.4, 0.5) is 0 Å². The van der Waals surface area contributed by atoms with E-state index in [0.717, 1.165) is 151 Å². The van der Waals surface area contributed by atoms with Gasteiger partial charge in [0.1, 0.15) is 0 Å². The van der Waals surface area contributed by atoms with Gasteiger partial charge in [0, 0.05) is 139 Å². The SMILES string of the molecule is CCCCCCCCC1(CCCCCCCC)c2cc(C#Cc3cc4c5c(ccc6c7ccc8c9c(ccc(c3c56)c97)C(=O)N(C(CC)CC)C8=O)C(=O)N(C(CC)CC)C4=O)ccc2-c2ccc(C#Cc3cc4c5c(ccc6c7ccc8c9c(ccc(c3c56)c97)C(=O)N(C(CC)CC)C8=O)C(=O)N(C(CC)CC)C4=O)cc21. The van der Waals surface area contributed by atoms with Crippen molar-refractivity contribution in [3.63, 3.8) is 0 Å². The number of nitrogens with zero attached hydrogens (tertiary/aromatic N) is 4. The maximum atomic E-state index is 15.4. The highest BCUT2D eigenvalue weighted by atomic mass is 16.2. The molecule has 0 radical (unpaired) electrons. The summed E-state index contributed by atoms with van der Waals surface area (Å²) in [5.41, 5.74) is 10.8. The highest BCUT2D eigenvalue weighted by molar-refractivity contribution is 6.44. The fourth-order valence-corrected chi connectivity index (χ4v) is 21.0. The van der Waals surface area contributed by atoms with Gasteiger partial charge in [-0.25, -0.2) is 0 Å². The van der Waals surface area contributed by atoms with Gasteiger partial charge >= 0.3 is 0 Å². The average Bonchev–Trinajstić information content (AvgIpc) is 1.45. The van der Waals surface area contributed by atoms with Crippen LogP contribution in [0.2, 0.25) is 0 Å². The largest absolute Gasteiger partial charge is 0.271 e. The summed E-state index contributed by atoms with van der Waals surface area (Å²) < 4.78 is 0. The molecule has 0 aromatic heterocycles. The van der Waals surface area contributed by atoms with Gasteiger partial charge in [0.05, 0.1) is 0 Å². The van der Waals surface area contributed by atoms with Crippen molar-refractivity contribution < 1.29 is 38.4 Å². The minimum absolute atomic E-state index is 0.265. The number of unbranched alkanes of at least 4 members (excludes halogenated alkanes) is 10. The molecule has 4 heterocycles. The normalized spacial score (nSPS) is 15.0. The van der Waals surface area contributed by atoms with Crippen molar-refractivity contribution in [1.29, 1.82) is 0 Å². The molecule has 5 aliphatic rings. The Morgan fingerprint density at radius 2 is 0.504 bits per heavy atom. The second kappa shape index (κ2) is 29.5. The van der Waals surface area contributed by atoms with Crippen LogP contribution < -0.4 is 0 Å². The fraction of sp³-hybridized carbons (Fsp3) is 0.366. The van der Waals surface area contributed by atoms with E-state index in [9.17, 15) is 28.8 Å². The molecule has 0 unspecified atom stereocenters. The van der Waals surface area contributed by atoms with Crippen molar-refractivity contribution in [1.82, 2.24) is 19.6 Å². The van der Waals surface area contributed by atoms with E-state index < -0.39 is 5.41 Å². The number of carbonyl (C=O) groups is 8. The van der Waals surface area contributed by atoms with Crippen molar-refractivity contribution in [3.8, 4) is 34.8 Å². The predicted molar refractivity (Wildman–Crippen MR) is 455 cm³/mol. The van der Waals surface area contributed by atoms with Crippen molar-refractivity contribution in [2.24, 2.45) is 0 Å². The van der Waals surface area contributed by atoms with Crippen LogP contribution in [0.25, 0.3) is 97.3 Å². The molecule has 0 saturated carbocycles. The van der Waals surface area contributed by atoms with E-state index in [0.29, 0.717) is 129 Å². The molecular formula is C101H98N4O8. The van der Waals surface area contributed by atoms with Crippen LogP contribution in [0, 0.1) is 23.7 Å². The summed E-state index contributed by atoms with van der Waals surface area (Å²) in [6.07, 6.45) is 20.2. The molecule has 12 aromatic rings. The minimum atomic E-state index is -0.448. The first-order valence-corrected chi connectivity index (χ1v) is 42.3. The highest BCUT2D eigenvalue weighted by Gasteiger charge is 2.46. The number of benzene rings is 12. The van der Waals surface area contributed by atoms with Gasteiger partial charge in [-0.1, -0.05) is 218 Å². The molecule has 12 nitrogen and oxygen atoms in total. The van der Waals surface area contributed by atoms with Crippen LogP contribution in [0.5, 0.6) is 0 Å². The number of fused-ring (bicyclic) bond motifs is 7. The van der Waals surface area contributed by atoms with Crippen LogP contribution in [-0.2, 0) is 5.41 Å². The fourth-order valence-electron chi connectivity index (χ4n) is 21.0. The molecule has 0 bridgehead atoms. The monoisotopic (exact) mass is 1490 g/mol. The lowest BCUT2D eigenvalue weighted by molar-refractivity contribution is 0.0514. The maximum absolute atomic E-state index is 15.4. The molecule has 570 valence electrons. The average molecular weight is 1500 g/mol. The molecular weight excluding hydrogens is 1400 g/mol. The second-order valence-electron chi connectivity index (χ2n) is 32.6. The van der Waals surface area contributed by atoms with Crippen molar-refractivity contribution >= 4 is 133 Å². The summed E-state index contributed by atoms with van der Waals surface area (Å²) in [5, 5.41) is 11.8. The Labute approximate surface area is 661 Å². The van der Waals surface area contributed by atoms with Gasteiger partial charge in [-0.2, -0.15) is 0 Å². The zero-order valence-electron chi connectivity index (χ0n) is 67.0. The molecule has 4 aliphatic heterocycles. The summed E-state index contributed by atoms with van der Waals surface area (Å²) >= 11 is 0. The van der Waals surface area contributed by atoms with Crippen LogP contribution in [0.1, 0.15) is 327 Å². The molecule has 8 amide bonds. The summed E-state index contributed by atoms with van der Waals surface area (Å²) in [4.78, 5) is 125. The summed E-state index contributed by atoms with van der Waals surface area (Å²) in [6.45, 7) is 20.6. The van der Waals surface area contributed by atoms with Crippen molar-refractivity contribution in [2.45, 2.75) is 240 Å². The topological polar surface area (TPSA) is 150 Å². The Balaban J connectivity index is 0.855. The van der Waals surface area contributed by atoms with E-state index in [1.54, 1.807) is 0 Å². The first-order valence-electron chi connectivity index (χ1n) is 42.3. The molecule has 12 aromatic carbocycles. The van der Waals surface area contributed by atoms with Crippen LogP contribution >= 0.6 is 0 Å². The van der Waals surface area contributed by atoms with E-state index in [1.165, 1.54) is 56.4 Å². The van der Waals surface area contributed by atoms with Gasteiger partial charge in [-0.05, 0) is 202 Å². The van der Waals surface area contributed by atoms with E-state index >= 15 is 9.59 Å². The summed E-state index contributed by atoms with van der Waals surface area (Å²) in [5.74, 6) is 12.3. The number of amides is 8. The lowest BCUT2D eigenvalue weighted by Crippen LogP contribution is -2.46. The van der Waals surface area contributed by atoms with Crippen molar-refractivity contribution in [2.75, 3.05) is 0 Å². The molecule has 0 N–H and O–H groups in total. The lowest BCUT2D eigenvalue weighted by atomic mass is 9.70. The van der Waals surface area contributed by atoms with Gasteiger partial charge in [0.25, 0.3) is 47.3 Å². The third-order valence-electron chi connectivity index (χ3n) is 26.8. The molecule has 1 aliphatic carbocycles. The number of carbonyl (C=O) groups excluding carboxylic acids is 8. The molecule has 0 fully saturated rings. The molecule has 12 heteroatoms. The van der Waals surface area contributed by atoms with Gasteiger partial charge in [0.2, 0.25) is 0 Å². The van der Waals surface area contributed by atoms with Gasteiger partial charge in [-0.3, -0.25) is 58.0 Å². The first-order chi connectivity index (χ1) is 55.0. The standard InChI is InChI=1S/C101H98N4O8/c1-11-21-23-25-27-29-51-101(52-30-28-26-24-22-12-2)81-53-57(31-35-59-55-79-89-77(97(110)104(99(79)112)63(17-7)18-8)47-41-69-67-39-45-73-87-75(49-43-71(85(67)87)83(59)91(69)89)95(108)102(93(73)106)61(13-3)14-4)33-37-65(81)66-38-34-58(54-82(66)101)32-36-60-56-80-90-78(98(111)105(100(80)113)64(19-9)20-10)48-42-70-68-40-46-74-88-76(50-44-72(86(68)88)84(60)92(70)90)96(109)103(94(74)107)62(15-5)16-6/h33-34,37-50,53-56,61-64H,11-30,51-52H2,1-10H3. The summed E-state index contributed by atoms with van der Waals surface area (Å²) in [7, 11) is 0. The lowest BCUT2D eigenvalue weighted by Gasteiger charge is -2.34. The number of hydrogen-bond acceptors (Lipinski definition) is 8. The van der Waals surface area contributed by atoms with Gasteiger partial charge in [0.15, 0.2) is 0 Å². The van der Waals surface area contributed by atoms with Crippen LogP contribution in [0.3, 0.4) is 0 Å². The number of rotatable bonds is 26.